The molecular formula is C11H9N3O3. The maximum Gasteiger partial charge on any atom is 0.263 e. The van der Waals surface area contributed by atoms with E-state index in [2.05, 4.69) is 0 Å². The minimum absolute atomic E-state index is 0.292. The second-order valence-electron chi connectivity index (χ2n) is 3.15. The number of nitriles is 2. The van der Waals surface area contributed by atoms with E-state index in [0.717, 1.165) is 4.90 Å². The fourth-order valence-corrected chi connectivity index (χ4v) is 1.28. The van der Waals surface area contributed by atoms with Crippen LogP contribution in [0.3, 0.4) is 0 Å². The largest absolute Gasteiger partial charge is 0.507 e. The van der Waals surface area contributed by atoms with E-state index in [1.807, 2.05) is 0 Å². The predicted octanol–water partition coefficient (Wildman–Crippen LogP) is 0.587. The number of rotatable bonds is 3. The third-order valence-corrected chi connectivity index (χ3v) is 2.04. The maximum atomic E-state index is 11.9. The first-order valence-electron chi connectivity index (χ1n) is 4.66. The minimum atomic E-state index is -0.760. The van der Waals surface area contributed by atoms with Gasteiger partial charge in [0.25, 0.3) is 5.91 Å². The summed E-state index contributed by atoms with van der Waals surface area (Å²) in [6.45, 7) is -0.583. The summed E-state index contributed by atoms with van der Waals surface area (Å²) in [6, 6.07) is 7.32. The molecule has 0 spiro atoms. The smallest absolute Gasteiger partial charge is 0.263 e. The Morgan fingerprint density at radius 2 is 1.65 bits per heavy atom. The van der Waals surface area contributed by atoms with Gasteiger partial charge in [0.15, 0.2) is 0 Å². The first kappa shape index (κ1) is 12.3. The number of phenols is 2. The molecule has 17 heavy (non-hydrogen) atoms. The number of benzene rings is 1. The highest BCUT2D eigenvalue weighted by atomic mass is 16.3. The summed E-state index contributed by atoms with van der Waals surface area (Å²) in [5.74, 6) is -1.55. The molecule has 0 aliphatic rings. The van der Waals surface area contributed by atoms with Crippen LogP contribution in [0.15, 0.2) is 18.2 Å². The first-order valence-corrected chi connectivity index (χ1v) is 4.66. The number of amides is 1. The first-order chi connectivity index (χ1) is 8.11. The topological polar surface area (TPSA) is 108 Å². The van der Waals surface area contributed by atoms with Crippen LogP contribution in [0.2, 0.25) is 0 Å². The quantitative estimate of drug-likeness (QED) is 0.740. The van der Waals surface area contributed by atoms with Crippen LogP contribution in [0.1, 0.15) is 10.4 Å². The number of phenolic OH excluding ortho intramolecular Hbond substituents is 2. The Balaban J connectivity index is 3.11. The summed E-state index contributed by atoms with van der Waals surface area (Å²) >= 11 is 0. The Morgan fingerprint density at radius 3 is 2.06 bits per heavy atom. The lowest BCUT2D eigenvalue weighted by Crippen LogP contribution is -2.31. The Labute approximate surface area is 97.6 Å². The van der Waals surface area contributed by atoms with Crippen LogP contribution < -0.4 is 0 Å². The fourth-order valence-electron chi connectivity index (χ4n) is 1.28. The van der Waals surface area contributed by atoms with Crippen molar-refractivity contribution in [2.45, 2.75) is 0 Å². The van der Waals surface area contributed by atoms with E-state index in [4.69, 9.17) is 10.5 Å². The molecule has 0 aliphatic carbocycles. The fraction of sp³-hybridized carbons (Fsp3) is 0.182. The molecule has 2 N–H and O–H groups in total. The molecule has 1 amide bonds. The van der Waals surface area contributed by atoms with Crippen molar-refractivity contribution in [3.8, 4) is 23.6 Å². The Bertz CT molecular complexity index is 477. The Hall–Kier alpha value is -2.73. The van der Waals surface area contributed by atoms with Crippen LogP contribution >= 0.6 is 0 Å². The molecule has 0 unspecified atom stereocenters. The van der Waals surface area contributed by atoms with Gasteiger partial charge in [0.1, 0.15) is 30.2 Å². The third-order valence-electron chi connectivity index (χ3n) is 2.04. The van der Waals surface area contributed by atoms with Crippen molar-refractivity contribution >= 4 is 5.91 Å². The van der Waals surface area contributed by atoms with Crippen LogP contribution in [-0.2, 0) is 0 Å². The van der Waals surface area contributed by atoms with E-state index in [0.29, 0.717) is 0 Å². The van der Waals surface area contributed by atoms with Crippen molar-refractivity contribution in [1.82, 2.24) is 4.90 Å². The van der Waals surface area contributed by atoms with Gasteiger partial charge in [-0.25, -0.2) is 0 Å². The van der Waals surface area contributed by atoms with Gasteiger partial charge in [-0.05, 0) is 12.1 Å². The molecule has 0 fully saturated rings. The van der Waals surface area contributed by atoms with Gasteiger partial charge in [0, 0.05) is 0 Å². The number of hydrogen-bond donors (Lipinski definition) is 2. The van der Waals surface area contributed by atoms with Crippen LogP contribution in [0.25, 0.3) is 0 Å². The molecule has 0 saturated heterocycles. The normalized spacial score (nSPS) is 9.06. The van der Waals surface area contributed by atoms with E-state index in [1.54, 1.807) is 12.1 Å². The van der Waals surface area contributed by atoms with E-state index in [1.165, 1.54) is 18.2 Å². The number of aromatic hydroxyl groups is 2. The zero-order chi connectivity index (χ0) is 12.8. The number of carbonyl (C=O) groups excluding carboxylic acids is 1. The van der Waals surface area contributed by atoms with Gasteiger partial charge < -0.3 is 15.1 Å². The SMILES string of the molecule is N#CCN(CC#N)C(=O)c1c(O)cccc1O. The summed E-state index contributed by atoms with van der Waals surface area (Å²) < 4.78 is 0. The molecule has 1 rings (SSSR count). The molecule has 86 valence electrons. The lowest BCUT2D eigenvalue weighted by molar-refractivity contribution is 0.0788. The van der Waals surface area contributed by atoms with Crippen LogP contribution in [-0.4, -0.2) is 34.1 Å². The van der Waals surface area contributed by atoms with E-state index in [9.17, 15) is 15.0 Å². The highest BCUT2D eigenvalue weighted by Crippen LogP contribution is 2.27. The van der Waals surface area contributed by atoms with Crippen LogP contribution in [0.4, 0.5) is 0 Å². The van der Waals surface area contributed by atoms with Crippen molar-refractivity contribution in [3.05, 3.63) is 23.8 Å². The van der Waals surface area contributed by atoms with Crippen molar-refractivity contribution in [1.29, 1.82) is 10.5 Å². The van der Waals surface area contributed by atoms with Gasteiger partial charge in [0.05, 0.1) is 12.1 Å². The summed E-state index contributed by atoms with van der Waals surface area (Å²) in [7, 11) is 0. The van der Waals surface area contributed by atoms with E-state index in [-0.39, 0.29) is 18.7 Å². The molecule has 0 bridgehead atoms. The zero-order valence-corrected chi connectivity index (χ0v) is 8.79. The lowest BCUT2D eigenvalue weighted by atomic mass is 10.1. The number of nitrogens with zero attached hydrogens (tertiary/aromatic N) is 3. The van der Waals surface area contributed by atoms with E-state index < -0.39 is 17.4 Å². The average molecular weight is 231 g/mol. The molecule has 6 nitrogen and oxygen atoms in total. The monoisotopic (exact) mass is 231 g/mol. The summed E-state index contributed by atoms with van der Waals surface area (Å²) in [5.41, 5.74) is -0.307. The molecule has 0 heterocycles. The van der Waals surface area contributed by atoms with Gasteiger partial charge in [0.2, 0.25) is 0 Å². The molecule has 1 aromatic rings. The number of hydrogen-bond acceptors (Lipinski definition) is 5. The summed E-state index contributed by atoms with van der Waals surface area (Å²) in [6.07, 6.45) is 0. The molecule has 0 radical (unpaired) electrons. The summed E-state index contributed by atoms with van der Waals surface area (Å²) in [5, 5.41) is 36.0. The van der Waals surface area contributed by atoms with Crippen molar-refractivity contribution in [2.24, 2.45) is 0 Å². The molecule has 0 aromatic heterocycles. The average Bonchev–Trinajstić information content (AvgIpc) is 2.28. The highest BCUT2D eigenvalue weighted by molar-refractivity contribution is 5.99. The molecule has 0 atom stereocenters. The Kier molecular flexibility index (Phi) is 3.91. The minimum Gasteiger partial charge on any atom is -0.507 e. The predicted molar refractivity (Wildman–Crippen MR) is 56.9 cm³/mol. The molecule has 6 heteroatoms. The van der Waals surface area contributed by atoms with Gasteiger partial charge in [-0.1, -0.05) is 6.07 Å². The molecule has 1 aromatic carbocycles. The molecular weight excluding hydrogens is 222 g/mol. The lowest BCUT2D eigenvalue weighted by Gasteiger charge is -2.16. The van der Waals surface area contributed by atoms with Crippen molar-refractivity contribution in [2.75, 3.05) is 13.1 Å². The molecule has 0 aliphatic heterocycles. The van der Waals surface area contributed by atoms with Gasteiger partial charge in [-0.15, -0.1) is 0 Å². The Morgan fingerprint density at radius 1 is 1.18 bits per heavy atom. The second-order valence-corrected chi connectivity index (χ2v) is 3.15. The maximum absolute atomic E-state index is 11.9. The van der Waals surface area contributed by atoms with Gasteiger partial charge in [-0.3, -0.25) is 4.79 Å². The van der Waals surface area contributed by atoms with Crippen LogP contribution in [0, 0.1) is 22.7 Å². The summed E-state index contributed by atoms with van der Waals surface area (Å²) in [4.78, 5) is 12.8. The third kappa shape index (κ3) is 2.64. The second kappa shape index (κ2) is 5.38. The standard InChI is InChI=1S/C11H9N3O3/c12-4-6-14(7-5-13)11(17)10-8(15)2-1-3-9(10)16/h1-3,15-16H,6-7H2. The zero-order valence-electron chi connectivity index (χ0n) is 8.79. The van der Waals surface area contributed by atoms with Crippen LogP contribution in [0.5, 0.6) is 11.5 Å². The van der Waals surface area contributed by atoms with Gasteiger partial charge in [-0.2, -0.15) is 10.5 Å². The highest BCUT2D eigenvalue weighted by Gasteiger charge is 2.21. The van der Waals surface area contributed by atoms with Gasteiger partial charge >= 0.3 is 0 Å². The van der Waals surface area contributed by atoms with Crippen molar-refractivity contribution < 1.29 is 15.0 Å². The number of carbonyl (C=O) groups is 1. The van der Waals surface area contributed by atoms with Crippen molar-refractivity contribution in [3.63, 3.8) is 0 Å². The van der Waals surface area contributed by atoms with E-state index >= 15 is 0 Å². The molecule has 0 saturated carbocycles.